The number of fused-ring (bicyclic) bond motifs is 1. The summed E-state index contributed by atoms with van der Waals surface area (Å²) >= 11 is 0. The van der Waals surface area contributed by atoms with E-state index in [1.807, 2.05) is 7.05 Å². The minimum absolute atomic E-state index is 0.0781. The van der Waals surface area contributed by atoms with Crippen LogP contribution in [0, 0.1) is 0 Å². The van der Waals surface area contributed by atoms with Crippen LogP contribution >= 0.6 is 0 Å². The number of rotatable bonds is 8. The number of unbranched alkanes of at least 4 members (excludes halogenated alkanes) is 2. The third kappa shape index (κ3) is 3.55. The third-order valence-corrected chi connectivity index (χ3v) is 3.65. The molecule has 2 N–H and O–H groups in total. The highest BCUT2D eigenvalue weighted by atomic mass is 16.1. The van der Waals surface area contributed by atoms with Crippen LogP contribution in [-0.4, -0.2) is 33.8 Å². The second-order valence-corrected chi connectivity index (χ2v) is 5.44. The lowest BCUT2D eigenvalue weighted by molar-refractivity contribution is 0.0953. The van der Waals surface area contributed by atoms with E-state index in [0.29, 0.717) is 12.1 Å². The van der Waals surface area contributed by atoms with E-state index >= 15 is 0 Å². The zero-order valence-corrected chi connectivity index (χ0v) is 13.6. The molecule has 2 aromatic rings. The lowest BCUT2D eigenvalue weighted by Crippen LogP contribution is -2.25. The van der Waals surface area contributed by atoms with Crippen LogP contribution in [0.3, 0.4) is 0 Å². The molecule has 0 saturated carbocycles. The number of amides is 1. The molecular formula is C16H25N5O. The molecule has 0 saturated heterocycles. The Balaban J connectivity index is 2.30. The van der Waals surface area contributed by atoms with Crippen LogP contribution in [0.4, 0.5) is 5.69 Å². The Hall–Kier alpha value is -2.11. The minimum Gasteiger partial charge on any atom is -0.384 e. The minimum atomic E-state index is -0.0781. The first-order valence-corrected chi connectivity index (χ1v) is 8.01. The van der Waals surface area contributed by atoms with E-state index in [2.05, 4.69) is 34.6 Å². The fraction of sp³-hybridized carbons (Fsp3) is 0.562. The average molecular weight is 303 g/mol. The van der Waals surface area contributed by atoms with Crippen LogP contribution < -0.4 is 10.6 Å². The molecule has 0 bridgehead atoms. The van der Waals surface area contributed by atoms with Crippen LogP contribution in [0.25, 0.3) is 11.0 Å². The zero-order valence-electron chi connectivity index (χ0n) is 13.6. The highest BCUT2D eigenvalue weighted by Gasteiger charge is 2.17. The van der Waals surface area contributed by atoms with Gasteiger partial charge >= 0.3 is 0 Å². The van der Waals surface area contributed by atoms with Crippen molar-refractivity contribution in [3.8, 4) is 0 Å². The molecule has 1 amide bonds. The van der Waals surface area contributed by atoms with Gasteiger partial charge in [0.2, 0.25) is 0 Å². The number of carbonyl (C=O) groups is 1. The number of aromatic nitrogens is 3. The van der Waals surface area contributed by atoms with Crippen molar-refractivity contribution in [2.24, 2.45) is 7.05 Å². The van der Waals surface area contributed by atoms with Crippen molar-refractivity contribution in [1.82, 2.24) is 20.1 Å². The molecule has 0 atom stereocenters. The molecule has 0 aliphatic heterocycles. The van der Waals surface area contributed by atoms with E-state index in [9.17, 15) is 4.79 Å². The van der Waals surface area contributed by atoms with Crippen LogP contribution in [0.1, 0.15) is 49.9 Å². The first-order valence-electron chi connectivity index (χ1n) is 8.01. The van der Waals surface area contributed by atoms with Crippen molar-refractivity contribution in [1.29, 1.82) is 0 Å². The molecular weight excluding hydrogens is 278 g/mol. The monoisotopic (exact) mass is 303 g/mol. The van der Waals surface area contributed by atoms with Crippen molar-refractivity contribution < 1.29 is 4.79 Å². The fourth-order valence-electron chi connectivity index (χ4n) is 2.32. The Bertz CT molecular complexity index is 635. The second-order valence-electron chi connectivity index (χ2n) is 5.44. The second kappa shape index (κ2) is 7.77. The molecule has 0 aromatic carbocycles. The molecule has 0 radical (unpaired) electrons. The molecule has 0 aliphatic rings. The van der Waals surface area contributed by atoms with Crippen molar-refractivity contribution >= 4 is 22.6 Å². The zero-order chi connectivity index (χ0) is 15.9. The molecule has 0 spiro atoms. The van der Waals surface area contributed by atoms with Gasteiger partial charge in [-0.1, -0.05) is 26.7 Å². The molecule has 2 aromatic heterocycles. The third-order valence-electron chi connectivity index (χ3n) is 3.65. The van der Waals surface area contributed by atoms with Gasteiger partial charge < -0.3 is 10.6 Å². The Morgan fingerprint density at radius 3 is 2.64 bits per heavy atom. The maximum absolute atomic E-state index is 12.4. The average Bonchev–Trinajstić information content (AvgIpc) is 2.89. The van der Waals surface area contributed by atoms with Crippen LogP contribution in [0.2, 0.25) is 0 Å². The van der Waals surface area contributed by atoms with Crippen molar-refractivity contribution in [2.75, 3.05) is 18.4 Å². The largest absolute Gasteiger partial charge is 0.384 e. The van der Waals surface area contributed by atoms with Crippen molar-refractivity contribution in [3.63, 3.8) is 0 Å². The van der Waals surface area contributed by atoms with Crippen LogP contribution in [-0.2, 0) is 7.05 Å². The first-order chi connectivity index (χ1) is 10.7. The quantitative estimate of drug-likeness (QED) is 0.736. The molecule has 0 unspecified atom stereocenters. The van der Waals surface area contributed by atoms with E-state index in [0.717, 1.165) is 48.9 Å². The van der Waals surface area contributed by atoms with Gasteiger partial charge in [-0.2, -0.15) is 5.10 Å². The van der Waals surface area contributed by atoms with Gasteiger partial charge in [0.05, 0.1) is 22.8 Å². The summed E-state index contributed by atoms with van der Waals surface area (Å²) in [7, 11) is 1.85. The number of pyridine rings is 1. The summed E-state index contributed by atoms with van der Waals surface area (Å²) in [4.78, 5) is 16.8. The van der Waals surface area contributed by atoms with Gasteiger partial charge in [0.25, 0.3) is 5.91 Å². The maximum atomic E-state index is 12.4. The topological polar surface area (TPSA) is 71.8 Å². The first kappa shape index (κ1) is 16.3. The fourth-order valence-corrected chi connectivity index (χ4v) is 2.32. The number of hydrogen-bond acceptors (Lipinski definition) is 4. The molecule has 2 rings (SSSR count). The highest BCUT2D eigenvalue weighted by Crippen LogP contribution is 2.25. The Morgan fingerprint density at radius 1 is 1.18 bits per heavy atom. The molecule has 120 valence electrons. The molecule has 0 fully saturated rings. The Labute approximate surface area is 131 Å². The number of anilines is 1. The van der Waals surface area contributed by atoms with Gasteiger partial charge in [-0.25, -0.2) is 4.98 Å². The van der Waals surface area contributed by atoms with Crippen molar-refractivity contribution in [3.05, 3.63) is 18.0 Å². The molecule has 2 heterocycles. The van der Waals surface area contributed by atoms with Crippen LogP contribution in [0.5, 0.6) is 0 Å². The molecule has 22 heavy (non-hydrogen) atoms. The summed E-state index contributed by atoms with van der Waals surface area (Å²) in [6, 6.07) is 0. The SMILES string of the molecule is CCCCNC(=O)c1cnc2c(cnn2C)c1NCCCC. The van der Waals surface area contributed by atoms with Gasteiger partial charge in [0.1, 0.15) is 0 Å². The predicted molar refractivity (Wildman–Crippen MR) is 89.1 cm³/mol. The summed E-state index contributed by atoms with van der Waals surface area (Å²) in [6.07, 6.45) is 7.60. The van der Waals surface area contributed by atoms with Crippen LogP contribution in [0.15, 0.2) is 12.4 Å². The smallest absolute Gasteiger partial charge is 0.254 e. The van der Waals surface area contributed by atoms with E-state index in [1.54, 1.807) is 17.1 Å². The lowest BCUT2D eigenvalue weighted by Gasteiger charge is -2.13. The maximum Gasteiger partial charge on any atom is 0.254 e. The van der Waals surface area contributed by atoms with Gasteiger partial charge in [-0.3, -0.25) is 9.48 Å². The van der Waals surface area contributed by atoms with E-state index in [4.69, 9.17) is 0 Å². The van der Waals surface area contributed by atoms with E-state index in [1.165, 1.54) is 0 Å². The number of nitrogens with one attached hydrogen (secondary N) is 2. The number of aryl methyl sites for hydroxylation is 1. The lowest BCUT2D eigenvalue weighted by atomic mass is 10.1. The molecule has 6 heteroatoms. The Kier molecular flexibility index (Phi) is 5.75. The van der Waals surface area contributed by atoms with Gasteiger partial charge in [0, 0.05) is 26.3 Å². The van der Waals surface area contributed by atoms with Crippen molar-refractivity contribution in [2.45, 2.75) is 39.5 Å². The van der Waals surface area contributed by atoms with Gasteiger partial charge in [0.15, 0.2) is 5.65 Å². The van der Waals surface area contributed by atoms with E-state index < -0.39 is 0 Å². The van der Waals surface area contributed by atoms with Gasteiger partial charge in [-0.05, 0) is 12.8 Å². The normalized spacial score (nSPS) is 10.9. The summed E-state index contributed by atoms with van der Waals surface area (Å²) in [6.45, 7) is 5.77. The summed E-state index contributed by atoms with van der Waals surface area (Å²) in [5, 5.41) is 11.5. The molecule has 0 aliphatic carbocycles. The van der Waals surface area contributed by atoms with E-state index in [-0.39, 0.29) is 5.91 Å². The number of nitrogens with zero attached hydrogens (tertiary/aromatic N) is 3. The Morgan fingerprint density at radius 2 is 1.91 bits per heavy atom. The number of carbonyl (C=O) groups excluding carboxylic acids is 1. The molecule has 6 nitrogen and oxygen atoms in total. The summed E-state index contributed by atoms with van der Waals surface area (Å²) in [5.41, 5.74) is 2.21. The predicted octanol–water partition coefficient (Wildman–Crippen LogP) is 2.71. The summed E-state index contributed by atoms with van der Waals surface area (Å²) < 4.78 is 1.72. The van der Waals surface area contributed by atoms with Gasteiger partial charge in [-0.15, -0.1) is 0 Å². The standard InChI is InChI=1S/C16H25N5O/c1-4-6-8-17-14-12-11-20-21(3)15(12)19-10-13(14)16(22)18-9-7-5-2/h10-11H,4-9H2,1-3H3,(H,17,19)(H,18,22). The number of hydrogen-bond donors (Lipinski definition) is 2. The highest BCUT2D eigenvalue weighted by molar-refractivity contribution is 6.06. The summed E-state index contributed by atoms with van der Waals surface area (Å²) in [5.74, 6) is -0.0781.